The number of halogens is 2. The minimum absolute atomic E-state index is 0.0384. The zero-order valence-corrected chi connectivity index (χ0v) is 18.7. The van der Waals surface area contributed by atoms with E-state index in [0.29, 0.717) is 39.5 Å². The van der Waals surface area contributed by atoms with Crippen LogP contribution >= 0.6 is 23.2 Å². The number of amides is 1. The first-order valence-corrected chi connectivity index (χ1v) is 10.5. The molecule has 1 aromatic heterocycles. The standard InChI is InChI=1S/C24H20Cl2N2O4/c1-2-30-23-12-16(10-18(13-27)24(29)28-14-19-4-3-9-31-19)6-8-22(23)32-15-17-5-7-20(25)21(26)11-17/h3-12H,2,14-15H2,1H3,(H,28,29)/b18-10+. The van der Waals surface area contributed by atoms with E-state index in [1.807, 2.05) is 19.1 Å². The van der Waals surface area contributed by atoms with Crippen LogP contribution in [0.1, 0.15) is 23.8 Å². The molecule has 0 atom stereocenters. The predicted octanol–water partition coefficient (Wildman–Crippen LogP) is 5.79. The summed E-state index contributed by atoms with van der Waals surface area (Å²) in [4.78, 5) is 12.3. The Bertz CT molecular complexity index is 1150. The van der Waals surface area contributed by atoms with Gasteiger partial charge in [0, 0.05) is 0 Å². The van der Waals surface area contributed by atoms with Crippen LogP contribution in [-0.2, 0) is 17.9 Å². The number of benzene rings is 2. The fourth-order valence-corrected chi connectivity index (χ4v) is 3.10. The fraction of sp³-hybridized carbons (Fsp3) is 0.167. The molecular weight excluding hydrogens is 451 g/mol. The molecule has 1 amide bonds. The van der Waals surface area contributed by atoms with Gasteiger partial charge in [0.1, 0.15) is 24.0 Å². The van der Waals surface area contributed by atoms with Crippen molar-refractivity contribution in [2.45, 2.75) is 20.1 Å². The van der Waals surface area contributed by atoms with Crippen molar-refractivity contribution in [2.24, 2.45) is 0 Å². The fourth-order valence-electron chi connectivity index (χ4n) is 2.78. The van der Waals surface area contributed by atoms with Crippen molar-refractivity contribution in [1.29, 1.82) is 5.26 Å². The number of hydrogen-bond donors (Lipinski definition) is 1. The second-order valence-corrected chi connectivity index (χ2v) is 7.42. The van der Waals surface area contributed by atoms with Gasteiger partial charge in [-0.05, 0) is 60.5 Å². The summed E-state index contributed by atoms with van der Waals surface area (Å²) in [5.74, 6) is 1.12. The van der Waals surface area contributed by atoms with Crippen LogP contribution in [-0.4, -0.2) is 12.5 Å². The number of nitrogens with zero attached hydrogens (tertiary/aromatic N) is 1. The van der Waals surface area contributed by atoms with Crippen LogP contribution in [0.2, 0.25) is 10.0 Å². The number of nitrogens with one attached hydrogen (secondary N) is 1. The number of carbonyl (C=O) groups is 1. The lowest BCUT2D eigenvalue weighted by Gasteiger charge is -2.13. The molecule has 0 fully saturated rings. The molecular formula is C24H20Cl2N2O4. The highest BCUT2D eigenvalue weighted by Gasteiger charge is 2.12. The van der Waals surface area contributed by atoms with E-state index in [2.05, 4.69) is 5.32 Å². The summed E-state index contributed by atoms with van der Waals surface area (Å²) in [7, 11) is 0. The molecule has 0 saturated carbocycles. The van der Waals surface area contributed by atoms with Gasteiger partial charge in [-0.1, -0.05) is 35.3 Å². The van der Waals surface area contributed by atoms with E-state index >= 15 is 0 Å². The van der Waals surface area contributed by atoms with Crippen LogP contribution < -0.4 is 14.8 Å². The molecule has 0 spiro atoms. The summed E-state index contributed by atoms with van der Waals surface area (Å²) in [5.41, 5.74) is 1.44. The van der Waals surface area contributed by atoms with Gasteiger partial charge in [-0.2, -0.15) is 5.26 Å². The molecule has 32 heavy (non-hydrogen) atoms. The van der Waals surface area contributed by atoms with E-state index in [-0.39, 0.29) is 18.7 Å². The summed E-state index contributed by atoms with van der Waals surface area (Å²) >= 11 is 12.0. The predicted molar refractivity (Wildman–Crippen MR) is 123 cm³/mol. The molecule has 164 valence electrons. The lowest BCUT2D eigenvalue weighted by molar-refractivity contribution is -0.117. The van der Waals surface area contributed by atoms with Crippen LogP contribution in [0.4, 0.5) is 0 Å². The Kier molecular flexibility index (Phi) is 8.20. The van der Waals surface area contributed by atoms with E-state index in [0.717, 1.165) is 5.56 Å². The molecule has 1 N–H and O–H groups in total. The number of ether oxygens (including phenoxy) is 2. The van der Waals surface area contributed by atoms with Crippen molar-refractivity contribution in [2.75, 3.05) is 6.61 Å². The van der Waals surface area contributed by atoms with E-state index < -0.39 is 5.91 Å². The van der Waals surface area contributed by atoms with Gasteiger partial charge in [-0.25, -0.2) is 0 Å². The van der Waals surface area contributed by atoms with Crippen LogP contribution in [0.3, 0.4) is 0 Å². The average Bonchev–Trinajstić information content (AvgIpc) is 3.31. The van der Waals surface area contributed by atoms with Gasteiger partial charge in [0.2, 0.25) is 0 Å². The molecule has 0 radical (unpaired) electrons. The average molecular weight is 471 g/mol. The van der Waals surface area contributed by atoms with Gasteiger partial charge in [-0.15, -0.1) is 0 Å². The number of rotatable bonds is 9. The van der Waals surface area contributed by atoms with Crippen molar-refractivity contribution in [1.82, 2.24) is 5.32 Å². The van der Waals surface area contributed by atoms with E-state index in [9.17, 15) is 10.1 Å². The van der Waals surface area contributed by atoms with Crippen LogP contribution in [0.5, 0.6) is 11.5 Å². The molecule has 0 aliphatic heterocycles. The van der Waals surface area contributed by atoms with Crippen molar-refractivity contribution >= 4 is 35.2 Å². The molecule has 0 bridgehead atoms. The molecule has 0 aliphatic carbocycles. The van der Waals surface area contributed by atoms with E-state index in [4.69, 9.17) is 37.1 Å². The summed E-state index contributed by atoms with van der Waals surface area (Å²) in [6.07, 6.45) is 3.01. The zero-order chi connectivity index (χ0) is 22.9. The summed E-state index contributed by atoms with van der Waals surface area (Å²) in [6.45, 7) is 2.74. The van der Waals surface area contributed by atoms with Gasteiger partial charge in [0.15, 0.2) is 11.5 Å². The first kappa shape index (κ1) is 23.3. The highest BCUT2D eigenvalue weighted by Crippen LogP contribution is 2.31. The van der Waals surface area contributed by atoms with Crippen LogP contribution in [0.25, 0.3) is 6.08 Å². The van der Waals surface area contributed by atoms with E-state index in [1.165, 1.54) is 12.3 Å². The Morgan fingerprint density at radius 1 is 1.12 bits per heavy atom. The molecule has 3 aromatic rings. The van der Waals surface area contributed by atoms with Gasteiger partial charge < -0.3 is 19.2 Å². The third kappa shape index (κ3) is 6.30. The quantitative estimate of drug-likeness (QED) is 0.316. The number of nitriles is 1. The van der Waals surface area contributed by atoms with Crippen molar-refractivity contribution in [3.8, 4) is 17.6 Å². The summed E-state index contributed by atoms with van der Waals surface area (Å²) < 4.78 is 16.7. The lowest BCUT2D eigenvalue weighted by Crippen LogP contribution is -2.23. The van der Waals surface area contributed by atoms with Crippen LogP contribution in [0.15, 0.2) is 64.8 Å². The van der Waals surface area contributed by atoms with Crippen LogP contribution in [0, 0.1) is 11.3 Å². The second kappa shape index (κ2) is 11.3. The van der Waals surface area contributed by atoms with Gasteiger partial charge in [-0.3, -0.25) is 4.79 Å². The first-order valence-electron chi connectivity index (χ1n) is 9.76. The van der Waals surface area contributed by atoms with Gasteiger partial charge >= 0.3 is 0 Å². The molecule has 0 unspecified atom stereocenters. The Balaban J connectivity index is 1.73. The Morgan fingerprint density at radius 3 is 2.66 bits per heavy atom. The zero-order valence-electron chi connectivity index (χ0n) is 17.2. The van der Waals surface area contributed by atoms with Gasteiger partial charge in [0.25, 0.3) is 5.91 Å². The maximum atomic E-state index is 12.3. The Morgan fingerprint density at radius 2 is 1.97 bits per heavy atom. The maximum Gasteiger partial charge on any atom is 0.262 e. The largest absolute Gasteiger partial charge is 0.490 e. The Labute approximate surface area is 196 Å². The first-order chi connectivity index (χ1) is 15.5. The number of furan rings is 1. The van der Waals surface area contributed by atoms with Gasteiger partial charge in [0.05, 0.1) is 29.5 Å². The molecule has 6 nitrogen and oxygen atoms in total. The lowest BCUT2D eigenvalue weighted by atomic mass is 10.1. The van der Waals surface area contributed by atoms with Crippen molar-refractivity contribution < 1.29 is 18.7 Å². The van der Waals surface area contributed by atoms with Crippen molar-refractivity contribution in [3.05, 3.63) is 87.3 Å². The molecule has 3 rings (SSSR count). The molecule has 0 aliphatic rings. The summed E-state index contributed by atoms with van der Waals surface area (Å²) in [5, 5.41) is 13.0. The topological polar surface area (TPSA) is 84.5 Å². The summed E-state index contributed by atoms with van der Waals surface area (Å²) in [6, 6.07) is 15.8. The third-order valence-electron chi connectivity index (χ3n) is 4.33. The highest BCUT2D eigenvalue weighted by atomic mass is 35.5. The molecule has 2 aromatic carbocycles. The minimum Gasteiger partial charge on any atom is -0.490 e. The third-order valence-corrected chi connectivity index (χ3v) is 5.06. The smallest absolute Gasteiger partial charge is 0.262 e. The monoisotopic (exact) mass is 470 g/mol. The maximum absolute atomic E-state index is 12.3. The van der Waals surface area contributed by atoms with Crippen molar-refractivity contribution in [3.63, 3.8) is 0 Å². The normalized spacial score (nSPS) is 11.0. The minimum atomic E-state index is -0.498. The second-order valence-electron chi connectivity index (χ2n) is 6.61. The number of carbonyl (C=O) groups excluding carboxylic acids is 1. The van der Waals surface area contributed by atoms with E-state index in [1.54, 1.807) is 42.5 Å². The molecule has 1 heterocycles. The molecule has 0 saturated heterocycles. The highest BCUT2D eigenvalue weighted by molar-refractivity contribution is 6.42. The molecule has 8 heteroatoms. The SMILES string of the molecule is CCOc1cc(/C=C(\C#N)C(=O)NCc2ccco2)ccc1OCc1ccc(Cl)c(Cl)c1. The number of hydrogen-bond acceptors (Lipinski definition) is 5. The Hall–Kier alpha value is -3.40.